The van der Waals surface area contributed by atoms with E-state index in [0.29, 0.717) is 16.3 Å². The van der Waals surface area contributed by atoms with Gasteiger partial charge in [0.05, 0.1) is 0 Å². The molecule has 3 aromatic rings. The zero-order chi connectivity index (χ0) is 18.4. The van der Waals surface area contributed by atoms with E-state index in [1.165, 1.54) is 0 Å². The van der Waals surface area contributed by atoms with E-state index < -0.39 is 6.73 Å². The monoisotopic (exact) mass is 371 g/mol. The van der Waals surface area contributed by atoms with Gasteiger partial charge in [-0.1, -0.05) is 35.9 Å². The molecule has 8 nitrogen and oxygen atoms in total. The highest BCUT2D eigenvalue weighted by molar-refractivity contribution is 6.31. The lowest BCUT2D eigenvalue weighted by Crippen LogP contribution is -2.19. The summed E-state index contributed by atoms with van der Waals surface area (Å²) in [7, 11) is 0. The van der Waals surface area contributed by atoms with Crippen molar-refractivity contribution in [3.05, 3.63) is 70.9 Å². The molecular formula is C17H14ClN5O3. The number of aliphatic imine (C=N–C) groups is 1. The van der Waals surface area contributed by atoms with Crippen molar-refractivity contribution in [2.45, 2.75) is 0 Å². The highest BCUT2D eigenvalue weighted by Crippen LogP contribution is 2.18. The quantitative estimate of drug-likeness (QED) is 0.469. The van der Waals surface area contributed by atoms with Crippen molar-refractivity contribution in [1.82, 2.24) is 10.3 Å². The van der Waals surface area contributed by atoms with Gasteiger partial charge in [0.1, 0.15) is 6.73 Å². The third-order valence-electron chi connectivity index (χ3n) is 3.30. The van der Waals surface area contributed by atoms with Crippen LogP contribution >= 0.6 is 11.6 Å². The van der Waals surface area contributed by atoms with Crippen molar-refractivity contribution in [3.8, 4) is 0 Å². The van der Waals surface area contributed by atoms with E-state index in [-0.39, 0.29) is 23.3 Å². The molecule has 1 aromatic heterocycles. The molecule has 0 fully saturated rings. The minimum Gasteiger partial charge on any atom is -0.374 e. The van der Waals surface area contributed by atoms with Crippen LogP contribution < -0.4 is 10.6 Å². The van der Waals surface area contributed by atoms with Crippen molar-refractivity contribution in [3.63, 3.8) is 0 Å². The summed E-state index contributed by atoms with van der Waals surface area (Å²) in [5, 5.41) is 22.8. The van der Waals surface area contributed by atoms with Crippen molar-refractivity contribution < 1.29 is 14.5 Å². The number of amidine groups is 1. The summed E-state index contributed by atoms with van der Waals surface area (Å²) in [4.78, 5) is 16.2. The van der Waals surface area contributed by atoms with Crippen LogP contribution in [0.2, 0.25) is 5.02 Å². The van der Waals surface area contributed by atoms with Crippen LogP contribution in [0.5, 0.6) is 0 Å². The average Bonchev–Trinajstić information content (AvgIpc) is 3.10. The van der Waals surface area contributed by atoms with E-state index in [9.17, 15) is 9.90 Å². The van der Waals surface area contributed by atoms with Gasteiger partial charge >= 0.3 is 0 Å². The normalized spacial score (nSPS) is 11.2. The number of amides is 1. The van der Waals surface area contributed by atoms with Crippen LogP contribution in [-0.4, -0.2) is 33.9 Å². The molecule has 0 saturated carbocycles. The molecule has 0 radical (unpaired) electrons. The van der Waals surface area contributed by atoms with Gasteiger partial charge in [-0.25, -0.2) is 9.62 Å². The first-order valence-electron chi connectivity index (χ1n) is 7.54. The number of aliphatic hydroxyl groups excluding tert-OH is 1. The van der Waals surface area contributed by atoms with Crippen molar-refractivity contribution in [2.24, 2.45) is 4.99 Å². The number of halogens is 1. The fourth-order valence-corrected chi connectivity index (χ4v) is 2.33. The summed E-state index contributed by atoms with van der Waals surface area (Å²) in [5.41, 5.74) is 1.21. The Morgan fingerprint density at radius 3 is 2.65 bits per heavy atom. The summed E-state index contributed by atoms with van der Waals surface area (Å²) in [6.07, 6.45) is 0. The number of nitrogens with one attached hydrogen (secondary N) is 2. The Hall–Kier alpha value is -3.23. The smallest absolute Gasteiger partial charge is 0.256 e. The Morgan fingerprint density at radius 1 is 1.12 bits per heavy atom. The molecule has 2 aromatic carbocycles. The molecule has 0 unspecified atom stereocenters. The zero-order valence-electron chi connectivity index (χ0n) is 13.4. The van der Waals surface area contributed by atoms with Gasteiger partial charge in [0.15, 0.2) is 11.5 Å². The second-order valence-corrected chi connectivity index (χ2v) is 5.50. The number of aliphatic hydroxyl groups is 1. The first kappa shape index (κ1) is 17.6. The van der Waals surface area contributed by atoms with E-state index in [2.05, 4.69) is 25.9 Å². The summed E-state index contributed by atoms with van der Waals surface area (Å²) in [6.45, 7) is -0.498. The summed E-state index contributed by atoms with van der Waals surface area (Å²) < 4.78 is 4.73. The van der Waals surface area contributed by atoms with Crippen LogP contribution in [0.4, 0.5) is 11.5 Å². The van der Waals surface area contributed by atoms with Gasteiger partial charge in [0.25, 0.3) is 5.91 Å². The number of aromatic nitrogens is 2. The maximum atomic E-state index is 12.3. The van der Waals surface area contributed by atoms with E-state index in [0.717, 1.165) is 0 Å². The van der Waals surface area contributed by atoms with Gasteiger partial charge in [-0.05, 0) is 40.6 Å². The van der Waals surface area contributed by atoms with Gasteiger partial charge in [-0.15, -0.1) is 0 Å². The molecule has 0 atom stereocenters. The molecule has 3 N–H and O–H groups in total. The van der Waals surface area contributed by atoms with Crippen LogP contribution in [-0.2, 0) is 0 Å². The summed E-state index contributed by atoms with van der Waals surface area (Å²) >= 11 is 5.97. The Morgan fingerprint density at radius 2 is 1.92 bits per heavy atom. The Kier molecular flexibility index (Phi) is 5.57. The fraction of sp³-hybridized carbons (Fsp3) is 0.0588. The first-order valence-corrected chi connectivity index (χ1v) is 7.92. The topological polar surface area (TPSA) is 113 Å². The number of rotatable bonds is 5. The molecule has 0 aliphatic carbocycles. The fourth-order valence-electron chi connectivity index (χ4n) is 2.14. The van der Waals surface area contributed by atoms with E-state index in [4.69, 9.17) is 16.2 Å². The van der Waals surface area contributed by atoms with Gasteiger partial charge in [0.2, 0.25) is 5.82 Å². The molecule has 1 amide bonds. The van der Waals surface area contributed by atoms with Gasteiger partial charge in [-0.2, -0.15) is 0 Å². The molecule has 0 aliphatic heterocycles. The molecule has 0 aliphatic rings. The number of hydrogen-bond donors (Lipinski definition) is 3. The lowest BCUT2D eigenvalue weighted by atomic mass is 10.2. The molecule has 9 heteroatoms. The van der Waals surface area contributed by atoms with Gasteiger partial charge in [0, 0.05) is 16.3 Å². The SMILES string of the molecule is O=C(Nc1nonc1/C(=N/CO)Nc1cccc(Cl)c1)c1ccccc1. The number of carbonyl (C=O) groups is 1. The molecular weight excluding hydrogens is 358 g/mol. The third kappa shape index (κ3) is 4.24. The Bertz CT molecular complexity index is 927. The molecule has 3 rings (SSSR count). The minimum absolute atomic E-state index is 0.0700. The van der Waals surface area contributed by atoms with Crippen LogP contribution in [0.1, 0.15) is 16.1 Å². The van der Waals surface area contributed by atoms with E-state index in [1.807, 2.05) is 0 Å². The molecule has 26 heavy (non-hydrogen) atoms. The Balaban J connectivity index is 1.84. The predicted octanol–water partition coefficient (Wildman–Crippen LogP) is 2.78. The third-order valence-corrected chi connectivity index (χ3v) is 3.53. The second-order valence-electron chi connectivity index (χ2n) is 5.07. The van der Waals surface area contributed by atoms with Crippen molar-refractivity contribution in [1.29, 1.82) is 0 Å². The summed E-state index contributed by atoms with van der Waals surface area (Å²) in [6, 6.07) is 15.5. The molecule has 132 valence electrons. The number of anilines is 2. The van der Waals surface area contributed by atoms with E-state index >= 15 is 0 Å². The maximum absolute atomic E-state index is 12.3. The van der Waals surface area contributed by atoms with Gasteiger partial charge < -0.3 is 15.7 Å². The zero-order valence-corrected chi connectivity index (χ0v) is 14.1. The molecule has 1 heterocycles. The standard InChI is InChI=1S/C17H14ClN5O3/c18-12-7-4-8-13(9-12)20-15(19-10-24)14-16(23-26-22-14)21-17(25)11-5-2-1-3-6-11/h1-9,24H,10H2,(H,19,20)(H,21,23,25). The lowest BCUT2D eigenvalue weighted by molar-refractivity contribution is 0.102. The number of nitrogens with zero attached hydrogens (tertiary/aromatic N) is 3. The van der Waals surface area contributed by atoms with Crippen LogP contribution in [0.15, 0.2) is 64.2 Å². The highest BCUT2D eigenvalue weighted by Gasteiger charge is 2.19. The predicted molar refractivity (Wildman–Crippen MR) is 97.4 cm³/mol. The number of hydrogen-bond acceptors (Lipinski definition) is 6. The van der Waals surface area contributed by atoms with Crippen LogP contribution in [0.25, 0.3) is 0 Å². The van der Waals surface area contributed by atoms with Crippen LogP contribution in [0, 0.1) is 0 Å². The largest absolute Gasteiger partial charge is 0.374 e. The summed E-state index contributed by atoms with van der Waals surface area (Å²) in [5.74, 6) is -0.145. The molecule has 0 bridgehead atoms. The van der Waals surface area contributed by atoms with Gasteiger partial charge in [-0.3, -0.25) is 4.79 Å². The van der Waals surface area contributed by atoms with E-state index in [1.54, 1.807) is 54.6 Å². The van der Waals surface area contributed by atoms with Crippen molar-refractivity contribution >= 4 is 34.8 Å². The first-order chi connectivity index (χ1) is 12.7. The maximum Gasteiger partial charge on any atom is 0.256 e. The van der Waals surface area contributed by atoms with Crippen molar-refractivity contribution in [2.75, 3.05) is 17.4 Å². The molecule has 0 spiro atoms. The highest BCUT2D eigenvalue weighted by atomic mass is 35.5. The molecule has 0 saturated heterocycles. The number of benzene rings is 2. The number of carbonyl (C=O) groups excluding carboxylic acids is 1. The second kappa shape index (κ2) is 8.24. The van der Waals surface area contributed by atoms with Crippen LogP contribution in [0.3, 0.4) is 0 Å². The lowest BCUT2D eigenvalue weighted by Gasteiger charge is -2.09. The Labute approximate surface area is 153 Å². The average molecular weight is 372 g/mol. The minimum atomic E-state index is -0.498.